The summed E-state index contributed by atoms with van der Waals surface area (Å²) in [5.41, 5.74) is 5.76. The van der Waals surface area contributed by atoms with Gasteiger partial charge in [-0.3, -0.25) is 0 Å². The first-order chi connectivity index (χ1) is 10.4. The van der Waals surface area contributed by atoms with Crippen LogP contribution in [0.2, 0.25) is 0 Å². The summed E-state index contributed by atoms with van der Waals surface area (Å²) in [4.78, 5) is 0. The Balaban J connectivity index is 1.40. The van der Waals surface area contributed by atoms with Crippen LogP contribution in [0.5, 0.6) is 0 Å². The number of hydrogen-bond donors (Lipinski definition) is 2. The van der Waals surface area contributed by atoms with Crippen molar-refractivity contribution in [1.29, 1.82) is 0 Å². The molecule has 1 aliphatic carbocycles. The highest BCUT2D eigenvalue weighted by atomic mass is 15.0. The summed E-state index contributed by atoms with van der Waals surface area (Å²) < 4.78 is 0. The molecule has 1 fully saturated rings. The summed E-state index contributed by atoms with van der Waals surface area (Å²) in [6, 6.07) is 18.2. The molecule has 1 aliphatic heterocycles. The summed E-state index contributed by atoms with van der Waals surface area (Å²) in [6.07, 6.45) is 3.74. The van der Waals surface area contributed by atoms with E-state index in [1.807, 2.05) is 0 Å². The lowest BCUT2D eigenvalue weighted by Crippen LogP contribution is -2.20. The Morgan fingerprint density at radius 1 is 1.05 bits per heavy atom. The quantitative estimate of drug-likeness (QED) is 0.891. The first kappa shape index (κ1) is 12.9. The number of nitrogens with one attached hydrogen (secondary N) is 2. The topological polar surface area (TPSA) is 24.1 Å². The Kier molecular flexibility index (Phi) is 3.40. The third kappa shape index (κ3) is 2.68. The van der Waals surface area contributed by atoms with Crippen LogP contribution in [0.1, 0.15) is 35.4 Å². The fourth-order valence-electron chi connectivity index (χ4n) is 3.46. The average Bonchev–Trinajstić information content (AvgIpc) is 3.33. The zero-order valence-corrected chi connectivity index (χ0v) is 12.3. The number of hydrogen-bond acceptors (Lipinski definition) is 2. The summed E-state index contributed by atoms with van der Waals surface area (Å²) in [5, 5.41) is 7.31. The molecule has 2 N–H and O–H groups in total. The van der Waals surface area contributed by atoms with Crippen LogP contribution in [0.25, 0.3) is 0 Å². The van der Waals surface area contributed by atoms with Gasteiger partial charge in [0.05, 0.1) is 0 Å². The Morgan fingerprint density at radius 2 is 1.95 bits per heavy atom. The van der Waals surface area contributed by atoms with Crippen LogP contribution in [0.15, 0.2) is 48.5 Å². The highest BCUT2D eigenvalue weighted by Gasteiger charge is 2.37. The summed E-state index contributed by atoms with van der Waals surface area (Å²) >= 11 is 0. The van der Waals surface area contributed by atoms with Crippen LogP contribution in [-0.2, 0) is 13.0 Å². The van der Waals surface area contributed by atoms with E-state index in [0.29, 0.717) is 12.0 Å². The molecule has 0 amide bonds. The normalized spacial score (nSPS) is 23.2. The predicted octanol–water partition coefficient (Wildman–Crippen LogP) is 3.69. The molecule has 2 unspecified atom stereocenters. The fourth-order valence-corrected chi connectivity index (χ4v) is 3.46. The van der Waals surface area contributed by atoms with Gasteiger partial charge >= 0.3 is 0 Å². The van der Waals surface area contributed by atoms with Crippen LogP contribution >= 0.6 is 0 Å². The number of anilines is 1. The first-order valence-corrected chi connectivity index (χ1v) is 8.05. The molecule has 2 aliphatic rings. The van der Waals surface area contributed by atoms with Crippen molar-refractivity contribution in [2.75, 3.05) is 11.9 Å². The van der Waals surface area contributed by atoms with Gasteiger partial charge in [0, 0.05) is 30.7 Å². The monoisotopic (exact) mass is 278 g/mol. The fraction of sp³-hybridized carbons (Fsp3) is 0.368. The van der Waals surface area contributed by atoms with Crippen molar-refractivity contribution >= 4 is 5.69 Å². The Hall–Kier alpha value is -1.80. The van der Waals surface area contributed by atoms with Gasteiger partial charge in [0.25, 0.3) is 0 Å². The Bertz CT molecular complexity index is 621. The zero-order valence-electron chi connectivity index (χ0n) is 12.3. The van der Waals surface area contributed by atoms with Gasteiger partial charge in [0.15, 0.2) is 0 Å². The van der Waals surface area contributed by atoms with Crippen molar-refractivity contribution < 1.29 is 0 Å². The Labute approximate surface area is 126 Å². The molecule has 2 aromatic rings. The molecule has 2 heteroatoms. The average molecular weight is 278 g/mol. The molecular formula is C19H22N2. The smallest absolute Gasteiger partial charge is 0.0418 e. The molecule has 2 atom stereocenters. The summed E-state index contributed by atoms with van der Waals surface area (Å²) in [6.45, 7) is 2.09. The molecule has 21 heavy (non-hydrogen) atoms. The van der Waals surface area contributed by atoms with Crippen molar-refractivity contribution in [3.63, 3.8) is 0 Å². The highest BCUT2D eigenvalue weighted by Crippen LogP contribution is 2.41. The van der Waals surface area contributed by atoms with Crippen molar-refractivity contribution in [2.24, 2.45) is 0 Å². The molecular weight excluding hydrogens is 256 g/mol. The molecule has 1 saturated carbocycles. The van der Waals surface area contributed by atoms with E-state index in [2.05, 4.69) is 59.2 Å². The van der Waals surface area contributed by atoms with Crippen LogP contribution in [-0.4, -0.2) is 12.6 Å². The minimum absolute atomic E-state index is 0.645. The number of benzene rings is 2. The molecule has 0 aromatic heterocycles. The second kappa shape index (κ2) is 5.53. The van der Waals surface area contributed by atoms with Crippen molar-refractivity contribution in [3.05, 3.63) is 65.2 Å². The first-order valence-electron chi connectivity index (χ1n) is 8.05. The lowest BCUT2D eigenvalue weighted by atomic mass is 9.99. The van der Waals surface area contributed by atoms with Gasteiger partial charge in [-0.1, -0.05) is 48.5 Å². The Morgan fingerprint density at radius 3 is 2.86 bits per heavy atom. The largest absolute Gasteiger partial charge is 0.385 e. The van der Waals surface area contributed by atoms with E-state index >= 15 is 0 Å². The maximum atomic E-state index is 3.73. The van der Waals surface area contributed by atoms with Gasteiger partial charge in [0.1, 0.15) is 0 Å². The molecule has 0 radical (unpaired) electrons. The minimum Gasteiger partial charge on any atom is -0.385 e. The lowest BCUT2D eigenvalue weighted by molar-refractivity contribution is 0.670. The van der Waals surface area contributed by atoms with E-state index in [9.17, 15) is 0 Å². The maximum Gasteiger partial charge on any atom is 0.0418 e. The molecule has 0 saturated heterocycles. The molecule has 1 heterocycles. The number of fused-ring (bicyclic) bond motifs is 1. The molecule has 108 valence electrons. The maximum absolute atomic E-state index is 3.73. The number of rotatable bonds is 4. The second-order valence-electron chi connectivity index (χ2n) is 6.22. The highest BCUT2D eigenvalue weighted by molar-refractivity contribution is 5.59. The molecule has 2 nitrogen and oxygen atoms in total. The van der Waals surface area contributed by atoms with Gasteiger partial charge in [0.2, 0.25) is 0 Å². The van der Waals surface area contributed by atoms with E-state index < -0.39 is 0 Å². The minimum atomic E-state index is 0.645. The van der Waals surface area contributed by atoms with E-state index in [1.54, 1.807) is 0 Å². The summed E-state index contributed by atoms with van der Waals surface area (Å²) in [5.74, 6) is 0.707. The van der Waals surface area contributed by atoms with Gasteiger partial charge in [-0.25, -0.2) is 0 Å². The van der Waals surface area contributed by atoms with E-state index in [4.69, 9.17) is 0 Å². The summed E-state index contributed by atoms with van der Waals surface area (Å²) in [7, 11) is 0. The van der Waals surface area contributed by atoms with E-state index in [1.165, 1.54) is 41.6 Å². The second-order valence-corrected chi connectivity index (χ2v) is 6.22. The van der Waals surface area contributed by atoms with Crippen LogP contribution in [0.3, 0.4) is 0 Å². The van der Waals surface area contributed by atoms with Crippen molar-refractivity contribution in [2.45, 2.75) is 37.8 Å². The molecule has 2 aromatic carbocycles. The molecule has 4 rings (SSSR count). The number of aryl methyl sites for hydroxylation is 1. The van der Waals surface area contributed by atoms with Gasteiger partial charge in [-0.15, -0.1) is 0 Å². The van der Waals surface area contributed by atoms with Crippen molar-refractivity contribution in [1.82, 2.24) is 5.32 Å². The van der Waals surface area contributed by atoms with Gasteiger partial charge in [-0.05, 0) is 36.0 Å². The van der Waals surface area contributed by atoms with E-state index in [-0.39, 0.29) is 0 Å². The SMILES string of the molecule is c1ccc(C2CC2NCc2cccc3c2NCCC3)cc1. The van der Waals surface area contributed by atoms with Crippen LogP contribution < -0.4 is 10.6 Å². The third-order valence-corrected chi connectivity index (χ3v) is 4.73. The molecule has 0 spiro atoms. The molecule has 0 bridgehead atoms. The lowest BCUT2D eigenvalue weighted by Gasteiger charge is -2.21. The number of para-hydroxylation sites is 1. The van der Waals surface area contributed by atoms with E-state index in [0.717, 1.165) is 13.1 Å². The van der Waals surface area contributed by atoms with Crippen molar-refractivity contribution in [3.8, 4) is 0 Å². The van der Waals surface area contributed by atoms with Gasteiger partial charge in [-0.2, -0.15) is 0 Å². The third-order valence-electron chi connectivity index (χ3n) is 4.73. The zero-order chi connectivity index (χ0) is 14.1. The van der Waals surface area contributed by atoms with Crippen LogP contribution in [0.4, 0.5) is 5.69 Å². The van der Waals surface area contributed by atoms with Gasteiger partial charge < -0.3 is 10.6 Å². The predicted molar refractivity (Wildman–Crippen MR) is 87.7 cm³/mol. The standard InChI is InChI=1S/C19H22N2/c1-2-6-14(7-3-1)17-12-18(17)21-13-16-9-4-8-15-10-5-11-20-19(15)16/h1-4,6-9,17-18,20-21H,5,10-13H2. The van der Waals surface area contributed by atoms with Crippen LogP contribution in [0, 0.1) is 0 Å².